The number of nitrogens with zero attached hydrogens (tertiary/aromatic N) is 3. The Morgan fingerprint density at radius 3 is 2.83 bits per heavy atom. The van der Waals surface area contributed by atoms with Crippen LogP contribution in [0.1, 0.15) is 19.8 Å². The first kappa shape index (κ1) is 13.6. The van der Waals surface area contributed by atoms with Gasteiger partial charge in [-0.2, -0.15) is 0 Å². The second kappa shape index (κ2) is 6.95. The summed E-state index contributed by atoms with van der Waals surface area (Å²) in [6.45, 7) is 6.62. The predicted molar refractivity (Wildman–Crippen MR) is 77.3 cm³/mol. The van der Waals surface area contributed by atoms with Crippen molar-refractivity contribution in [2.75, 3.05) is 37.3 Å². The van der Waals surface area contributed by atoms with Crippen molar-refractivity contribution >= 4 is 17.6 Å². The standard InChI is InChI=1S/C13H22N4S/c1-3-14-9-11-4-6-17(7-5-11)12-8-13(18-2)16-10-15-12/h8,10-11,14H,3-7,9H2,1-2H3. The molecular formula is C13H22N4S. The summed E-state index contributed by atoms with van der Waals surface area (Å²) in [5.41, 5.74) is 0. The highest BCUT2D eigenvalue weighted by Crippen LogP contribution is 2.23. The molecule has 0 saturated carbocycles. The lowest BCUT2D eigenvalue weighted by molar-refractivity contribution is 0.385. The Morgan fingerprint density at radius 2 is 2.17 bits per heavy atom. The fourth-order valence-electron chi connectivity index (χ4n) is 2.33. The van der Waals surface area contributed by atoms with E-state index in [1.54, 1.807) is 18.1 Å². The Kier molecular flexibility index (Phi) is 5.26. The first-order valence-corrected chi connectivity index (χ1v) is 7.87. The maximum atomic E-state index is 4.38. The van der Waals surface area contributed by atoms with Crippen LogP contribution >= 0.6 is 11.8 Å². The third-order valence-corrected chi connectivity index (χ3v) is 4.10. The SMILES string of the molecule is CCNCC1CCN(c2cc(SC)ncn2)CC1. The van der Waals surface area contributed by atoms with E-state index in [-0.39, 0.29) is 0 Å². The molecule has 1 aliphatic heterocycles. The second-order valence-electron chi connectivity index (χ2n) is 4.66. The van der Waals surface area contributed by atoms with Crippen molar-refractivity contribution in [3.63, 3.8) is 0 Å². The van der Waals surface area contributed by atoms with Gasteiger partial charge in [-0.3, -0.25) is 0 Å². The highest BCUT2D eigenvalue weighted by Gasteiger charge is 2.19. The van der Waals surface area contributed by atoms with Crippen molar-refractivity contribution in [3.05, 3.63) is 12.4 Å². The highest BCUT2D eigenvalue weighted by molar-refractivity contribution is 7.98. The van der Waals surface area contributed by atoms with E-state index < -0.39 is 0 Å². The van der Waals surface area contributed by atoms with Crippen molar-refractivity contribution < 1.29 is 0 Å². The van der Waals surface area contributed by atoms with E-state index in [0.29, 0.717) is 0 Å². The molecule has 4 nitrogen and oxygen atoms in total. The van der Waals surface area contributed by atoms with Crippen LogP contribution in [0, 0.1) is 5.92 Å². The summed E-state index contributed by atoms with van der Waals surface area (Å²) >= 11 is 1.67. The third-order valence-electron chi connectivity index (χ3n) is 3.46. The molecule has 1 aromatic rings. The average molecular weight is 266 g/mol. The van der Waals surface area contributed by atoms with Gasteiger partial charge >= 0.3 is 0 Å². The Hall–Kier alpha value is -0.810. The van der Waals surface area contributed by atoms with E-state index in [0.717, 1.165) is 42.9 Å². The first-order chi connectivity index (χ1) is 8.83. The molecule has 1 N–H and O–H groups in total. The summed E-state index contributed by atoms with van der Waals surface area (Å²) < 4.78 is 0. The van der Waals surface area contributed by atoms with E-state index in [2.05, 4.69) is 39.4 Å². The summed E-state index contributed by atoms with van der Waals surface area (Å²) in [5.74, 6) is 1.90. The Labute approximate surface area is 114 Å². The molecule has 0 bridgehead atoms. The minimum Gasteiger partial charge on any atom is -0.356 e. The molecule has 1 aliphatic rings. The number of rotatable bonds is 5. The molecule has 0 unspecified atom stereocenters. The lowest BCUT2D eigenvalue weighted by Crippen LogP contribution is -2.37. The minimum atomic E-state index is 0.822. The zero-order valence-corrected chi connectivity index (χ0v) is 12.0. The average Bonchev–Trinajstić information content (AvgIpc) is 2.46. The number of hydrogen-bond donors (Lipinski definition) is 1. The molecule has 2 heterocycles. The van der Waals surface area contributed by atoms with Crippen LogP contribution in [0.5, 0.6) is 0 Å². The molecule has 5 heteroatoms. The number of nitrogens with one attached hydrogen (secondary N) is 1. The largest absolute Gasteiger partial charge is 0.356 e. The summed E-state index contributed by atoms with van der Waals surface area (Å²) in [6, 6.07) is 2.09. The predicted octanol–water partition coefficient (Wildman–Crippen LogP) is 2.02. The first-order valence-electron chi connectivity index (χ1n) is 6.65. The van der Waals surface area contributed by atoms with Gasteiger partial charge < -0.3 is 10.2 Å². The van der Waals surface area contributed by atoms with Gasteiger partial charge in [-0.15, -0.1) is 11.8 Å². The van der Waals surface area contributed by atoms with Crippen molar-refractivity contribution in [3.8, 4) is 0 Å². The monoisotopic (exact) mass is 266 g/mol. The van der Waals surface area contributed by atoms with Crippen molar-refractivity contribution in [1.82, 2.24) is 15.3 Å². The zero-order valence-electron chi connectivity index (χ0n) is 11.2. The van der Waals surface area contributed by atoms with Crippen LogP contribution < -0.4 is 10.2 Å². The van der Waals surface area contributed by atoms with Gasteiger partial charge in [0.15, 0.2) is 0 Å². The number of thioether (sulfide) groups is 1. The molecule has 1 fully saturated rings. The Bertz CT molecular complexity index is 364. The molecule has 1 saturated heterocycles. The van der Waals surface area contributed by atoms with Gasteiger partial charge in [-0.05, 0) is 38.1 Å². The molecule has 0 amide bonds. The molecule has 0 atom stereocenters. The van der Waals surface area contributed by atoms with Crippen LogP contribution in [0.4, 0.5) is 5.82 Å². The van der Waals surface area contributed by atoms with Crippen molar-refractivity contribution in [2.45, 2.75) is 24.8 Å². The summed E-state index contributed by atoms with van der Waals surface area (Å²) in [5, 5.41) is 4.49. The maximum absolute atomic E-state index is 4.38. The molecule has 0 aromatic carbocycles. The van der Waals surface area contributed by atoms with E-state index >= 15 is 0 Å². The van der Waals surface area contributed by atoms with Crippen LogP contribution in [0.2, 0.25) is 0 Å². The molecule has 2 rings (SSSR count). The molecule has 18 heavy (non-hydrogen) atoms. The third kappa shape index (κ3) is 3.59. The molecule has 0 spiro atoms. The van der Waals surface area contributed by atoms with E-state index in [9.17, 15) is 0 Å². The van der Waals surface area contributed by atoms with Crippen LogP contribution in [0.25, 0.3) is 0 Å². The van der Waals surface area contributed by atoms with Crippen molar-refractivity contribution in [2.24, 2.45) is 5.92 Å². The number of aromatic nitrogens is 2. The number of hydrogen-bond acceptors (Lipinski definition) is 5. The zero-order chi connectivity index (χ0) is 12.8. The van der Waals surface area contributed by atoms with Gasteiger partial charge in [0.2, 0.25) is 0 Å². The fraction of sp³-hybridized carbons (Fsp3) is 0.692. The van der Waals surface area contributed by atoms with E-state index in [1.807, 2.05) is 0 Å². The molecular weight excluding hydrogens is 244 g/mol. The Balaban J connectivity index is 1.88. The highest BCUT2D eigenvalue weighted by atomic mass is 32.2. The summed E-state index contributed by atoms with van der Waals surface area (Å²) in [4.78, 5) is 11.0. The normalized spacial score (nSPS) is 17.1. The minimum absolute atomic E-state index is 0.822. The van der Waals surface area contributed by atoms with Crippen LogP contribution in [-0.2, 0) is 0 Å². The van der Waals surface area contributed by atoms with E-state index in [4.69, 9.17) is 0 Å². The fourth-order valence-corrected chi connectivity index (χ4v) is 2.70. The second-order valence-corrected chi connectivity index (χ2v) is 5.48. The number of anilines is 1. The van der Waals surface area contributed by atoms with Gasteiger partial charge in [0.1, 0.15) is 17.2 Å². The van der Waals surface area contributed by atoms with Gasteiger partial charge in [-0.1, -0.05) is 6.92 Å². The number of piperidine rings is 1. The Morgan fingerprint density at radius 1 is 1.39 bits per heavy atom. The van der Waals surface area contributed by atoms with Crippen LogP contribution in [0.15, 0.2) is 17.4 Å². The summed E-state index contributed by atoms with van der Waals surface area (Å²) in [7, 11) is 0. The maximum Gasteiger partial charge on any atom is 0.133 e. The van der Waals surface area contributed by atoms with Gasteiger partial charge in [0, 0.05) is 19.2 Å². The molecule has 0 radical (unpaired) electrons. The van der Waals surface area contributed by atoms with Crippen LogP contribution in [0.3, 0.4) is 0 Å². The molecule has 100 valence electrons. The summed E-state index contributed by atoms with van der Waals surface area (Å²) in [6.07, 6.45) is 6.23. The van der Waals surface area contributed by atoms with Crippen LogP contribution in [-0.4, -0.2) is 42.4 Å². The smallest absolute Gasteiger partial charge is 0.133 e. The lowest BCUT2D eigenvalue weighted by atomic mass is 9.97. The van der Waals surface area contributed by atoms with Gasteiger partial charge in [-0.25, -0.2) is 9.97 Å². The topological polar surface area (TPSA) is 41.0 Å². The molecule has 1 aromatic heterocycles. The van der Waals surface area contributed by atoms with E-state index in [1.165, 1.54) is 12.8 Å². The quantitative estimate of drug-likeness (QED) is 0.652. The van der Waals surface area contributed by atoms with Crippen molar-refractivity contribution in [1.29, 1.82) is 0 Å². The van der Waals surface area contributed by atoms with Gasteiger partial charge in [0.05, 0.1) is 0 Å². The van der Waals surface area contributed by atoms with Gasteiger partial charge in [0.25, 0.3) is 0 Å². The lowest BCUT2D eigenvalue weighted by Gasteiger charge is -2.32. The molecule has 0 aliphatic carbocycles.